The van der Waals surface area contributed by atoms with E-state index in [1.165, 1.54) is 0 Å². The third kappa shape index (κ3) is 1.97. The molecular formula is C7H16N2O2S. The van der Waals surface area contributed by atoms with Crippen molar-refractivity contribution in [1.82, 2.24) is 4.90 Å². The van der Waals surface area contributed by atoms with Crippen molar-refractivity contribution in [1.29, 1.82) is 0 Å². The molecule has 5 heteroatoms. The highest BCUT2D eigenvalue weighted by molar-refractivity contribution is 7.89. The van der Waals surface area contributed by atoms with Gasteiger partial charge in [0.2, 0.25) is 10.0 Å². The van der Waals surface area contributed by atoms with Crippen LogP contribution in [0.3, 0.4) is 0 Å². The third-order valence-corrected chi connectivity index (χ3v) is 3.49. The minimum absolute atomic E-state index is 0.0567. The summed E-state index contributed by atoms with van der Waals surface area (Å²) in [4.78, 5) is 2.10. The van der Waals surface area contributed by atoms with Crippen molar-refractivity contribution in [3.05, 3.63) is 0 Å². The fourth-order valence-electron chi connectivity index (χ4n) is 1.19. The molecule has 0 spiro atoms. The number of hydrogen-bond donors (Lipinski definition) is 1. The van der Waals surface area contributed by atoms with Crippen molar-refractivity contribution in [2.75, 3.05) is 13.1 Å². The Kier molecular flexibility index (Phi) is 2.22. The minimum atomic E-state index is -3.30. The van der Waals surface area contributed by atoms with Crippen molar-refractivity contribution in [3.63, 3.8) is 0 Å². The van der Waals surface area contributed by atoms with Crippen LogP contribution >= 0.6 is 0 Å². The SMILES string of the molecule is CC(C)(C)N1CC(S(N)(=O)=O)C1. The van der Waals surface area contributed by atoms with Gasteiger partial charge in [-0.2, -0.15) is 0 Å². The Balaban J connectivity index is 2.50. The third-order valence-electron chi connectivity index (χ3n) is 2.26. The largest absolute Gasteiger partial charge is 0.296 e. The van der Waals surface area contributed by atoms with Crippen molar-refractivity contribution in [3.8, 4) is 0 Å². The molecule has 12 heavy (non-hydrogen) atoms. The first-order valence-electron chi connectivity index (χ1n) is 3.98. The van der Waals surface area contributed by atoms with Crippen LogP contribution in [0.4, 0.5) is 0 Å². The summed E-state index contributed by atoms with van der Waals surface area (Å²) in [5.74, 6) is 0. The molecule has 2 N–H and O–H groups in total. The molecule has 0 aromatic carbocycles. The normalized spacial score (nSPS) is 22.3. The molecule has 1 rings (SSSR count). The van der Waals surface area contributed by atoms with Crippen molar-refractivity contribution in [2.24, 2.45) is 5.14 Å². The average Bonchev–Trinajstić information content (AvgIpc) is 1.46. The van der Waals surface area contributed by atoms with Crippen molar-refractivity contribution >= 4 is 10.0 Å². The molecule has 0 saturated carbocycles. The van der Waals surface area contributed by atoms with Crippen molar-refractivity contribution < 1.29 is 8.42 Å². The number of primary sulfonamides is 1. The van der Waals surface area contributed by atoms with Gasteiger partial charge in [-0.1, -0.05) is 0 Å². The quantitative estimate of drug-likeness (QED) is 0.623. The summed E-state index contributed by atoms with van der Waals surface area (Å²) in [5.41, 5.74) is 0.0567. The average molecular weight is 192 g/mol. The fourth-order valence-corrected chi connectivity index (χ4v) is 1.97. The zero-order chi connectivity index (χ0) is 9.57. The topological polar surface area (TPSA) is 63.4 Å². The lowest BCUT2D eigenvalue weighted by Gasteiger charge is -2.46. The summed E-state index contributed by atoms with van der Waals surface area (Å²) in [6.45, 7) is 7.33. The molecule has 1 fully saturated rings. The van der Waals surface area contributed by atoms with Crippen LogP contribution in [0.25, 0.3) is 0 Å². The zero-order valence-corrected chi connectivity index (χ0v) is 8.56. The Labute approximate surface area is 73.8 Å². The second-order valence-electron chi connectivity index (χ2n) is 4.29. The van der Waals surface area contributed by atoms with E-state index in [1.54, 1.807) is 0 Å². The van der Waals surface area contributed by atoms with E-state index in [0.29, 0.717) is 13.1 Å². The van der Waals surface area contributed by atoms with Gasteiger partial charge in [0.1, 0.15) is 5.25 Å². The van der Waals surface area contributed by atoms with Gasteiger partial charge in [0.05, 0.1) is 0 Å². The van der Waals surface area contributed by atoms with E-state index < -0.39 is 10.0 Å². The maximum Gasteiger partial charge on any atom is 0.214 e. The van der Waals surface area contributed by atoms with Crippen LogP contribution < -0.4 is 5.14 Å². The Bertz CT molecular complexity index is 260. The van der Waals surface area contributed by atoms with Gasteiger partial charge in [0.25, 0.3) is 0 Å². The van der Waals surface area contributed by atoms with Gasteiger partial charge in [-0.3, -0.25) is 4.90 Å². The van der Waals surface area contributed by atoms with Crippen LogP contribution in [0.5, 0.6) is 0 Å². The number of rotatable bonds is 1. The van der Waals surface area contributed by atoms with Crippen LogP contribution in [0, 0.1) is 0 Å². The maximum atomic E-state index is 10.8. The number of likely N-dealkylation sites (tertiary alicyclic amines) is 1. The molecule has 0 aromatic rings. The van der Waals surface area contributed by atoms with Gasteiger partial charge in [0, 0.05) is 18.6 Å². The van der Waals surface area contributed by atoms with Crippen LogP contribution in [0.1, 0.15) is 20.8 Å². The highest BCUT2D eigenvalue weighted by Crippen LogP contribution is 2.23. The van der Waals surface area contributed by atoms with Gasteiger partial charge < -0.3 is 0 Å². The highest BCUT2D eigenvalue weighted by atomic mass is 32.2. The highest BCUT2D eigenvalue weighted by Gasteiger charge is 2.40. The number of nitrogens with zero attached hydrogens (tertiary/aromatic N) is 1. The van der Waals surface area contributed by atoms with Crippen LogP contribution in [-0.4, -0.2) is 37.2 Å². The van der Waals surface area contributed by atoms with Crippen LogP contribution in [-0.2, 0) is 10.0 Å². The molecular weight excluding hydrogens is 176 g/mol. The lowest BCUT2D eigenvalue weighted by Crippen LogP contribution is -2.62. The molecule has 0 radical (unpaired) electrons. The van der Waals surface area contributed by atoms with E-state index in [4.69, 9.17) is 5.14 Å². The van der Waals surface area contributed by atoms with E-state index in [2.05, 4.69) is 25.7 Å². The van der Waals surface area contributed by atoms with Crippen molar-refractivity contribution in [2.45, 2.75) is 31.6 Å². The summed E-state index contributed by atoms with van der Waals surface area (Å²) < 4.78 is 21.7. The molecule has 1 heterocycles. The van der Waals surface area contributed by atoms with Gasteiger partial charge >= 0.3 is 0 Å². The Morgan fingerprint density at radius 2 is 1.75 bits per heavy atom. The first kappa shape index (κ1) is 9.95. The molecule has 1 aliphatic heterocycles. The molecule has 0 aromatic heterocycles. The number of nitrogens with two attached hydrogens (primary N) is 1. The lowest BCUT2D eigenvalue weighted by molar-refractivity contribution is 0.0724. The number of hydrogen-bond acceptors (Lipinski definition) is 3. The summed E-state index contributed by atoms with van der Waals surface area (Å²) in [6, 6.07) is 0. The van der Waals surface area contributed by atoms with Gasteiger partial charge in [-0.15, -0.1) is 0 Å². The first-order valence-corrected chi connectivity index (χ1v) is 5.59. The molecule has 0 bridgehead atoms. The molecule has 1 saturated heterocycles. The minimum Gasteiger partial charge on any atom is -0.296 e. The van der Waals surface area contributed by atoms with E-state index in [0.717, 1.165) is 0 Å². The first-order chi connectivity index (χ1) is 5.21. The Morgan fingerprint density at radius 3 is 2.00 bits per heavy atom. The monoisotopic (exact) mass is 192 g/mol. The van der Waals surface area contributed by atoms with E-state index >= 15 is 0 Å². The van der Waals surface area contributed by atoms with Gasteiger partial charge in [-0.05, 0) is 20.8 Å². The molecule has 0 atom stereocenters. The Morgan fingerprint density at radius 1 is 1.33 bits per heavy atom. The summed E-state index contributed by atoms with van der Waals surface area (Å²) in [6.07, 6.45) is 0. The lowest BCUT2D eigenvalue weighted by atomic mass is 10.0. The standard InChI is InChI=1S/C7H16N2O2S/c1-7(2,3)9-4-6(5-9)12(8,10)11/h6H,4-5H2,1-3H3,(H2,8,10,11). The second kappa shape index (κ2) is 2.68. The second-order valence-corrected chi connectivity index (χ2v) is 6.13. The smallest absolute Gasteiger partial charge is 0.214 e. The van der Waals surface area contributed by atoms with Gasteiger partial charge in [0.15, 0.2) is 0 Å². The van der Waals surface area contributed by atoms with E-state index in [-0.39, 0.29) is 10.8 Å². The van der Waals surface area contributed by atoms with E-state index in [1.807, 2.05) is 0 Å². The molecule has 0 aliphatic carbocycles. The summed E-state index contributed by atoms with van der Waals surface area (Å²) in [7, 11) is -3.30. The zero-order valence-electron chi connectivity index (χ0n) is 7.74. The predicted molar refractivity (Wildman–Crippen MR) is 48.2 cm³/mol. The molecule has 0 unspecified atom stereocenters. The molecule has 4 nitrogen and oxygen atoms in total. The predicted octanol–water partition coefficient (Wildman–Crippen LogP) is -0.242. The van der Waals surface area contributed by atoms with Crippen LogP contribution in [0.15, 0.2) is 0 Å². The Hall–Kier alpha value is -0.130. The van der Waals surface area contributed by atoms with Gasteiger partial charge in [-0.25, -0.2) is 13.6 Å². The number of sulfonamides is 1. The van der Waals surface area contributed by atoms with E-state index in [9.17, 15) is 8.42 Å². The summed E-state index contributed by atoms with van der Waals surface area (Å²) >= 11 is 0. The summed E-state index contributed by atoms with van der Waals surface area (Å²) in [5, 5.41) is 4.64. The molecule has 1 aliphatic rings. The molecule has 72 valence electrons. The van der Waals surface area contributed by atoms with Crippen LogP contribution in [0.2, 0.25) is 0 Å². The maximum absolute atomic E-state index is 10.8. The molecule has 0 amide bonds. The fraction of sp³-hybridized carbons (Fsp3) is 1.00.